The monoisotopic (exact) mass is 424 g/mol. The lowest BCUT2D eigenvalue weighted by atomic mass is 9.90. The van der Waals surface area contributed by atoms with Crippen molar-refractivity contribution in [3.05, 3.63) is 0 Å². The highest BCUT2D eigenvalue weighted by Crippen LogP contribution is 2.36. The number of thiol groups is 1. The Hall–Kier alpha value is 0.630. The van der Waals surface area contributed by atoms with Gasteiger partial charge in [-0.25, -0.2) is 0 Å². The molecule has 0 unspecified atom stereocenters. The number of rotatable bonds is 15. The average molecular weight is 425 g/mol. The van der Waals surface area contributed by atoms with Crippen LogP contribution >= 0.6 is 42.1 Å². The van der Waals surface area contributed by atoms with Crippen LogP contribution in [0.15, 0.2) is 0 Å². The first kappa shape index (κ1) is 24.6. The Bertz CT molecular complexity index is 331. The summed E-state index contributed by atoms with van der Waals surface area (Å²) in [5.74, 6) is -0.411. The largest absolute Gasteiger partial charge is 0.464 e. The van der Waals surface area contributed by atoms with Gasteiger partial charge in [0, 0.05) is 0 Å². The van der Waals surface area contributed by atoms with Crippen LogP contribution in [0.25, 0.3) is 0 Å². The highest BCUT2D eigenvalue weighted by atomic mass is 33.7. The van der Waals surface area contributed by atoms with Gasteiger partial charge in [-0.3, -0.25) is 4.79 Å². The predicted molar refractivity (Wildman–Crippen MR) is 98.7 cm³/mol. The SMILES string of the molecule is O=C(CSSSS)OCC(CO)(CO)COCC(CO)(CO)CO. The van der Waals surface area contributed by atoms with E-state index in [9.17, 15) is 30.3 Å². The number of hydrogen-bond donors (Lipinski definition) is 6. The van der Waals surface area contributed by atoms with Crippen molar-refractivity contribution in [3.63, 3.8) is 0 Å². The number of carbonyl (C=O) groups is 1. The quantitative estimate of drug-likeness (QED) is 0.0866. The van der Waals surface area contributed by atoms with Crippen molar-refractivity contribution in [2.75, 3.05) is 58.6 Å². The number of ether oxygens (including phenoxy) is 2. The minimum Gasteiger partial charge on any atom is -0.464 e. The molecule has 8 nitrogen and oxygen atoms in total. The highest BCUT2D eigenvalue weighted by Gasteiger charge is 2.34. The van der Waals surface area contributed by atoms with Crippen molar-refractivity contribution >= 4 is 48.1 Å². The lowest BCUT2D eigenvalue weighted by Crippen LogP contribution is -2.44. The Morgan fingerprint density at radius 2 is 1.38 bits per heavy atom. The smallest absolute Gasteiger partial charge is 0.316 e. The van der Waals surface area contributed by atoms with E-state index in [0.29, 0.717) is 0 Å². The number of hydrogen-bond acceptors (Lipinski definition) is 12. The summed E-state index contributed by atoms with van der Waals surface area (Å²) in [6.07, 6.45) is 0. The standard InChI is InChI=1S/C12H24O8S4/c13-2-11(3-14,4-15)7-19-8-12(5-16,6-17)9-20-10(18)1-22-24-23-21/h13-17,21H,1-9H2. The molecule has 0 aliphatic rings. The fourth-order valence-corrected chi connectivity index (χ4v) is 4.23. The summed E-state index contributed by atoms with van der Waals surface area (Å²) in [5.41, 5.74) is -2.43. The van der Waals surface area contributed by atoms with Gasteiger partial charge >= 0.3 is 5.97 Å². The van der Waals surface area contributed by atoms with E-state index in [2.05, 4.69) is 11.7 Å². The number of carbonyl (C=O) groups excluding carboxylic acids is 1. The summed E-state index contributed by atoms with van der Waals surface area (Å²) in [6.45, 7) is -3.05. The van der Waals surface area contributed by atoms with E-state index in [-0.39, 0.29) is 25.6 Å². The van der Waals surface area contributed by atoms with Gasteiger partial charge in [0.25, 0.3) is 0 Å². The van der Waals surface area contributed by atoms with E-state index in [0.717, 1.165) is 0 Å². The molecule has 0 spiro atoms. The second-order valence-electron chi connectivity index (χ2n) is 5.35. The molecule has 0 fully saturated rings. The first-order valence-electron chi connectivity index (χ1n) is 6.84. The van der Waals surface area contributed by atoms with Crippen LogP contribution in [0.5, 0.6) is 0 Å². The molecule has 0 atom stereocenters. The maximum Gasteiger partial charge on any atom is 0.316 e. The Morgan fingerprint density at radius 1 is 0.875 bits per heavy atom. The zero-order valence-corrected chi connectivity index (χ0v) is 16.3. The molecule has 0 radical (unpaired) electrons. The molecule has 12 heteroatoms. The van der Waals surface area contributed by atoms with E-state index in [1.807, 2.05) is 0 Å². The van der Waals surface area contributed by atoms with Crippen LogP contribution < -0.4 is 0 Å². The molecular formula is C12H24O8S4. The molecule has 5 N–H and O–H groups in total. The van der Waals surface area contributed by atoms with E-state index < -0.39 is 49.8 Å². The van der Waals surface area contributed by atoms with Gasteiger partial charge in [-0.2, -0.15) is 0 Å². The maximum atomic E-state index is 11.6. The molecule has 0 aliphatic heterocycles. The minimum atomic E-state index is -1.22. The average Bonchev–Trinajstić information content (AvgIpc) is 2.62. The first-order valence-corrected chi connectivity index (χ1v) is 11.5. The molecule has 0 heterocycles. The van der Waals surface area contributed by atoms with Crippen LogP contribution in [-0.4, -0.2) is 90.1 Å². The Kier molecular flexibility index (Phi) is 14.1. The van der Waals surface area contributed by atoms with Crippen LogP contribution in [0, 0.1) is 10.8 Å². The van der Waals surface area contributed by atoms with Gasteiger partial charge in [-0.1, -0.05) is 22.5 Å². The first-order chi connectivity index (χ1) is 11.5. The summed E-state index contributed by atoms with van der Waals surface area (Å²) in [5, 5.41) is 46.7. The molecule has 0 rings (SSSR count). The highest BCUT2D eigenvalue weighted by molar-refractivity contribution is 9.23. The number of aliphatic hydroxyl groups excluding tert-OH is 5. The molecule has 0 aromatic carbocycles. The topological polar surface area (TPSA) is 137 Å². The van der Waals surface area contributed by atoms with Gasteiger partial charge < -0.3 is 35.0 Å². The van der Waals surface area contributed by atoms with Crippen LogP contribution in [0.2, 0.25) is 0 Å². The van der Waals surface area contributed by atoms with Gasteiger partial charge in [0.1, 0.15) is 12.4 Å². The second kappa shape index (κ2) is 13.8. The van der Waals surface area contributed by atoms with E-state index in [4.69, 9.17) is 9.47 Å². The van der Waals surface area contributed by atoms with Crippen molar-refractivity contribution in [3.8, 4) is 0 Å². The zero-order chi connectivity index (χ0) is 18.5. The van der Waals surface area contributed by atoms with E-state index in [1.165, 1.54) is 30.4 Å². The Morgan fingerprint density at radius 3 is 1.83 bits per heavy atom. The third-order valence-electron chi connectivity index (χ3n) is 3.29. The van der Waals surface area contributed by atoms with Crippen molar-refractivity contribution < 1.29 is 39.8 Å². The third-order valence-corrected chi connectivity index (χ3v) is 7.68. The molecule has 0 saturated heterocycles. The van der Waals surface area contributed by atoms with Gasteiger partial charge in [-0.15, -0.1) is 0 Å². The molecule has 0 saturated carbocycles. The predicted octanol–water partition coefficient (Wildman–Crippen LogP) is -0.645. The lowest BCUT2D eigenvalue weighted by molar-refractivity contribution is -0.151. The summed E-state index contributed by atoms with van der Waals surface area (Å²) in [4.78, 5) is 11.6. The Labute approximate surface area is 157 Å². The molecule has 24 heavy (non-hydrogen) atoms. The molecule has 0 bridgehead atoms. The summed E-state index contributed by atoms with van der Waals surface area (Å²) in [7, 11) is 3.76. The summed E-state index contributed by atoms with van der Waals surface area (Å²) < 4.78 is 10.4. The van der Waals surface area contributed by atoms with Crippen molar-refractivity contribution in [2.24, 2.45) is 10.8 Å². The zero-order valence-electron chi connectivity index (χ0n) is 13.0. The van der Waals surface area contributed by atoms with Crippen LogP contribution in [-0.2, 0) is 14.3 Å². The van der Waals surface area contributed by atoms with Gasteiger partial charge in [-0.05, 0) is 19.7 Å². The molecule has 0 amide bonds. The van der Waals surface area contributed by atoms with Crippen LogP contribution in [0.4, 0.5) is 0 Å². The van der Waals surface area contributed by atoms with Gasteiger partial charge in [0.2, 0.25) is 0 Å². The summed E-state index contributed by atoms with van der Waals surface area (Å²) in [6, 6.07) is 0. The minimum absolute atomic E-state index is 0.0919. The third kappa shape index (κ3) is 8.83. The normalized spacial score (nSPS) is 12.4. The molecule has 0 aromatic rings. The Balaban J connectivity index is 4.46. The fourth-order valence-electron chi connectivity index (χ4n) is 1.41. The number of esters is 1. The van der Waals surface area contributed by atoms with Gasteiger partial charge in [0.05, 0.1) is 57.1 Å². The fraction of sp³-hybridized carbons (Fsp3) is 0.917. The molecule has 144 valence electrons. The van der Waals surface area contributed by atoms with Crippen molar-refractivity contribution in [1.29, 1.82) is 0 Å². The van der Waals surface area contributed by atoms with E-state index in [1.54, 1.807) is 0 Å². The molecular weight excluding hydrogens is 400 g/mol. The van der Waals surface area contributed by atoms with Crippen LogP contribution in [0.1, 0.15) is 0 Å². The van der Waals surface area contributed by atoms with Crippen molar-refractivity contribution in [2.45, 2.75) is 0 Å². The van der Waals surface area contributed by atoms with Crippen molar-refractivity contribution in [1.82, 2.24) is 0 Å². The van der Waals surface area contributed by atoms with E-state index >= 15 is 0 Å². The molecule has 0 aromatic heterocycles. The molecule has 0 aliphatic carbocycles. The maximum absolute atomic E-state index is 11.6. The van der Waals surface area contributed by atoms with Gasteiger partial charge in [0.15, 0.2) is 0 Å². The second-order valence-corrected chi connectivity index (χ2v) is 10.3. The number of aliphatic hydroxyl groups is 5. The lowest BCUT2D eigenvalue weighted by Gasteiger charge is -2.32. The summed E-state index contributed by atoms with van der Waals surface area (Å²) >= 11 is 3.91. The van der Waals surface area contributed by atoms with Crippen LogP contribution in [0.3, 0.4) is 0 Å².